The third-order valence-electron chi connectivity index (χ3n) is 4.59. The van der Waals surface area contributed by atoms with E-state index >= 15 is 0 Å². The molecule has 0 bridgehead atoms. The first kappa shape index (κ1) is 16.6. The van der Waals surface area contributed by atoms with Gasteiger partial charge < -0.3 is 20.1 Å². The van der Waals surface area contributed by atoms with Gasteiger partial charge in [0.2, 0.25) is 11.8 Å². The van der Waals surface area contributed by atoms with Crippen LogP contribution in [0.1, 0.15) is 19.4 Å². The number of hydrogen-bond acceptors (Lipinski definition) is 6. The molecule has 1 atom stereocenters. The summed E-state index contributed by atoms with van der Waals surface area (Å²) >= 11 is 0. The molecule has 128 valence electrons. The highest BCUT2D eigenvalue weighted by Crippen LogP contribution is 2.53. The molecule has 3 rings (SSSR count). The van der Waals surface area contributed by atoms with Crippen molar-refractivity contribution in [3.63, 3.8) is 0 Å². The van der Waals surface area contributed by atoms with Crippen molar-refractivity contribution in [2.45, 2.75) is 19.3 Å². The summed E-state index contributed by atoms with van der Waals surface area (Å²) in [6, 6.07) is 8.70. The van der Waals surface area contributed by atoms with E-state index in [-0.39, 0.29) is 23.6 Å². The maximum Gasteiger partial charge on any atom is 0.337 e. The molecule has 0 saturated carbocycles. The van der Waals surface area contributed by atoms with E-state index in [4.69, 9.17) is 15.2 Å². The number of carbonyl (C=O) groups excluding carboxylic acids is 2. The van der Waals surface area contributed by atoms with Gasteiger partial charge in [-0.05, 0) is 19.9 Å². The van der Waals surface area contributed by atoms with Crippen molar-refractivity contribution in [3.8, 4) is 11.8 Å². The molecule has 0 aromatic heterocycles. The number of nitrogens with two attached hydrogens (primary N) is 1. The second-order valence-corrected chi connectivity index (χ2v) is 5.74. The van der Waals surface area contributed by atoms with Gasteiger partial charge in [0.15, 0.2) is 5.41 Å². The lowest BCUT2D eigenvalue weighted by Crippen LogP contribution is -2.46. The van der Waals surface area contributed by atoms with Crippen LogP contribution in [0, 0.1) is 11.3 Å². The van der Waals surface area contributed by atoms with Crippen LogP contribution in [0.25, 0.3) is 0 Å². The molecule has 1 spiro atoms. The maximum atomic E-state index is 13.3. The number of nitrogens with zero attached hydrogens (tertiary/aromatic N) is 2. The standard InChI is InChI=1S/C18H17N3O4/c1-4-24-16(22)14-10(2)21(3)17(23)18(14)11-7-5-6-8-13(11)25-15(20)12(18)9-19/h5-8H,4,20H2,1-3H3/t18-/m0/s1. The molecule has 2 aliphatic rings. The molecule has 2 heterocycles. The van der Waals surface area contributed by atoms with Gasteiger partial charge in [0.1, 0.15) is 17.4 Å². The molecular weight excluding hydrogens is 322 g/mol. The van der Waals surface area contributed by atoms with Crippen LogP contribution in [-0.4, -0.2) is 30.4 Å². The number of esters is 1. The lowest BCUT2D eigenvalue weighted by atomic mass is 9.68. The number of fused-ring (bicyclic) bond motifs is 2. The second kappa shape index (κ2) is 5.67. The van der Waals surface area contributed by atoms with Crippen molar-refractivity contribution < 1.29 is 19.1 Å². The quantitative estimate of drug-likeness (QED) is 0.815. The van der Waals surface area contributed by atoms with Crippen LogP contribution in [0.3, 0.4) is 0 Å². The number of rotatable bonds is 2. The molecular formula is C18H17N3O4. The van der Waals surface area contributed by atoms with Gasteiger partial charge in [-0.25, -0.2) is 4.79 Å². The van der Waals surface area contributed by atoms with Crippen LogP contribution in [0.4, 0.5) is 0 Å². The van der Waals surface area contributed by atoms with Gasteiger partial charge >= 0.3 is 5.97 Å². The Hall–Kier alpha value is -3.27. The van der Waals surface area contributed by atoms with Crippen LogP contribution in [0.2, 0.25) is 0 Å². The Balaban J connectivity index is 2.43. The lowest BCUT2D eigenvalue weighted by molar-refractivity contribution is -0.140. The number of para-hydroxylation sites is 1. The third-order valence-corrected chi connectivity index (χ3v) is 4.59. The van der Waals surface area contributed by atoms with Crippen molar-refractivity contribution in [2.75, 3.05) is 13.7 Å². The Kier molecular flexibility index (Phi) is 3.76. The highest BCUT2D eigenvalue weighted by atomic mass is 16.5. The molecule has 0 unspecified atom stereocenters. The predicted octanol–water partition coefficient (Wildman–Crippen LogP) is 1.32. The monoisotopic (exact) mass is 339 g/mol. The van der Waals surface area contributed by atoms with Gasteiger partial charge in [0, 0.05) is 18.3 Å². The summed E-state index contributed by atoms with van der Waals surface area (Å²) < 4.78 is 10.7. The second-order valence-electron chi connectivity index (χ2n) is 5.74. The van der Waals surface area contributed by atoms with Gasteiger partial charge in [0.05, 0.1) is 12.2 Å². The van der Waals surface area contributed by atoms with E-state index in [9.17, 15) is 14.9 Å². The number of benzene rings is 1. The normalized spacial score (nSPS) is 22.0. The fourth-order valence-electron chi connectivity index (χ4n) is 3.43. The molecule has 7 heteroatoms. The van der Waals surface area contributed by atoms with Gasteiger partial charge in [-0.2, -0.15) is 5.26 Å². The van der Waals surface area contributed by atoms with Crippen molar-refractivity contribution in [1.29, 1.82) is 5.26 Å². The number of allylic oxidation sites excluding steroid dienone is 1. The Morgan fingerprint density at radius 2 is 2.12 bits per heavy atom. The van der Waals surface area contributed by atoms with Crippen molar-refractivity contribution >= 4 is 11.9 Å². The zero-order chi connectivity index (χ0) is 18.4. The molecule has 7 nitrogen and oxygen atoms in total. The summed E-state index contributed by atoms with van der Waals surface area (Å²) in [6.45, 7) is 3.46. The highest BCUT2D eigenvalue weighted by Gasteiger charge is 2.61. The third kappa shape index (κ3) is 1.97. The van der Waals surface area contributed by atoms with Crippen molar-refractivity contribution in [2.24, 2.45) is 5.73 Å². The molecule has 25 heavy (non-hydrogen) atoms. The minimum absolute atomic E-state index is 0.0945. The number of hydrogen-bond donors (Lipinski definition) is 1. The van der Waals surface area contributed by atoms with Crippen LogP contribution in [0.5, 0.6) is 5.75 Å². The van der Waals surface area contributed by atoms with E-state index in [1.807, 2.05) is 6.07 Å². The number of ether oxygens (including phenoxy) is 2. The summed E-state index contributed by atoms with van der Waals surface area (Å²) in [7, 11) is 1.55. The molecule has 2 N–H and O–H groups in total. The van der Waals surface area contributed by atoms with Gasteiger partial charge in [-0.15, -0.1) is 0 Å². The number of likely N-dealkylation sites (N-methyl/N-ethyl adjacent to an activating group) is 1. The van der Waals surface area contributed by atoms with Gasteiger partial charge in [-0.1, -0.05) is 18.2 Å². The smallest absolute Gasteiger partial charge is 0.337 e. The number of carbonyl (C=O) groups is 2. The first-order valence-electron chi connectivity index (χ1n) is 7.75. The topological polar surface area (TPSA) is 106 Å². The average molecular weight is 339 g/mol. The van der Waals surface area contributed by atoms with Gasteiger partial charge in [-0.3, -0.25) is 4.79 Å². The van der Waals surface area contributed by atoms with Gasteiger partial charge in [0.25, 0.3) is 0 Å². The average Bonchev–Trinajstić information content (AvgIpc) is 2.78. The van der Waals surface area contributed by atoms with Crippen molar-refractivity contribution in [1.82, 2.24) is 4.90 Å². The predicted molar refractivity (Wildman–Crippen MR) is 87.7 cm³/mol. The van der Waals surface area contributed by atoms with E-state index in [1.54, 1.807) is 45.2 Å². The Morgan fingerprint density at radius 3 is 2.76 bits per heavy atom. The Morgan fingerprint density at radius 1 is 1.44 bits per heavy atom. The maximum absolute atomic E-state index is 13.3. The SMILES string of the molecule is CCOC(=O)C1=C(C)N(C)C(=O)[C@@]12C(C#N)=C(N)Oc1ccccc12. The summed E-state index contributed by atoms with van der Waals surface area (Å²) in [4.78, 5) is 27.3. The van der Waals surface area contributed by atoms with E-state index in [1.165, 1.54) is 4.90 Å². The first-order chi connectivity index (χ1) is 11.9. The number of amides is 1. The highest BCUT2D eigenvalue weighted by molar-refractivity contribution is 6.12. The van der Waals surface area contributed by atoms with Crippen LogP contribution in [-0.2, 0) is 19.7 Å². The molecule has 1 aromatic carbocycles. The zero-order valence-electron chi connectivity index (χ0n) is 14.1. The summed E-state index contributed by atoms with van der Waals surface area (Å²) in [5, 5.41) is 9.72. The Bertz CT molecular complexity index is 894. The molecule has 0 radical (unpaired) electrons. The lowest BCUT2D eigenvalue weighted by Gasteiger charge is -2.34. The molecule has 0 aliphatic carbocycles. The molecule has 1 aromatic rings. The molecule has 0 fully saturated rings. The fourth-order valence-corrected chi connectivity index (χ4v) is 3.43. The number of nitriles is 1. The Labute approximate surface area is 144 Å². The summed E-state index contributed by atoms with van der Waals surface area (Å²) in [5.41, 5.74) is 5.09. The van der Waals surface area contributed by atoms with E-state index < -0.39 is 17.3 Å². The van der Waals surface area contributed by atoms with Crippen LogP contribution in [0.15, 0.2) is 47.0 Å². The van der Waals surface area contributed by atoms with E-state index in [2.05, 4.69) is 0 Å². The van der Waals surface area contributed by atoms with E-state index in [0.29, 0.717) is 17.0 Å². The first-order valence-corrected chi connectivity index (χ1v) is 7.75. The fraction of sp³-hybridized carbons (Fsp3) is 0.278. The zero-order valence-corrected chi connectivity index (χ0v) is 14.1. The van der Waals surface area contributed by atoms with E-state index in [0.717, 1.165) is 0 Å². The largest absolute Gasteiger partial charge is 0.463 e. The van der Waals surface area contributed by atoms with Crippen LogP contribution >= 0.6 is 0 Å². The van der Waals surface area contributed by atoms with Crippen molar-refractivity contribution in [3.05, 3.63) is 52.6 Å². The van der Waals surface area contributed by atoms with Crippen LogP contribution < -0.4 is 10.5 Å². The molecule has 0 saturated heterocycles. The minimum Gasteiger partial charge on any atom is -0.463 e. The summed E-state index contributed by atoms with van der Waals surface area (Å²) in [6.07, 6.45) is 0. The minimum atomic E-state index is -1.65. The molecule has 1 amide bonds. The molecule has 2 aliphatic heterocycles. The summed E-state index contributed by atoms with van der Waals surface area (Å²) in [5.74, 6) is -0.963.